The summed E-state index contributed by atoms with van der Waals surface area (Å²) in [6, 6.07) is 8.45. The van der Waals surface area contributed by atoms with Crippen LogP contribution in [0.15, 0.2) is 45.9 Å². The fraction of sp³-hybridized carbons (Fsp3) is 0.231. The predicted molar refractivity (Wildman–Crippen MR) is 71.6 cm³/mol. The smallest absolute Gasteiger partial charge is 0.246 e. The third kappa shape index (κ3) is 2.50. The van der Waals surface area contributed by atoms with Crippen molar-refractivity contribution in [3.8, 4) is 17.1 Å². The van der Waals surface area contributed by atoms with Crippen molar-refractivity contribution in [1.29, 1.82) is 0 Å². The number of rotatable bonds is 4. The monoisotopic (exact) mass is 281 g/mol. The highest BCUT2D eigenvalue weighted by molar-refractivity contribution is 7.89. The van der Waals surface area contributed by atoms with Crippen LogP contribution >= 0.6 is 0 Å². The van der Waals surface area contributed by atoms with Crippen molar-refractivity contribution in [2.75, 3.05) is 21.2 Å². The van der Waals surface area contributed by atoms with Crippen LogP contribution < -0.4 is 4.74 Å². The SMILES string of the molecule is COc1ccc(-c2ccco2)cc1S(=O)(=O)N(C)C. The van der Waals surface area contributed by atoms with Gasteiger partial charge in [-0.3, -0.25) is 0 Å². The Bertz CT molecular complexity index is 660. The van der Waals surface area contributed by atoms with Crippen LogP contribution in [0.4, 0.5) is 0 Å². The Hall–Kier alpha value is -1.79. The van der Waals surface area contributed by atoms with Gasteiger partial charge in [-0.2, -0.15) is 0 Å². The second-order valence-corrected chi connectivity index (χ2v) is 6.25. The minimum atomic E-state index is -3.57. The minimum absolute atomic E-state index is 0.119. The molecule has 0 unspecified atom stereocenters. The lowest BCUT2D eigenvalue weighted by molar-refractivity contribution is 0.400. The number of sulfonamides is 1. The highest BCUT2D eigenvalue weighted by atomic mass is 32.2. The largest absolute Gasteiger partial charge is 0.495 e. The van der Waals surface area contributed by atoms with E-state index in [2.05, 4.69) is 0 Å². The summed E-state index contributed by atoms with van der Waals surface area (Å²) in [6.07, 6.45) is 1.54. The number of hydrogen-bond acceptors (Lipinski definition) is 4. The third-order valence-electron chi connectivity index (χ3n) is 2.73. The van der Waals surface area contributed by atoms with Gasteiger partial charge in [-0.15, -0.1) is 0 Å². The molecule has 0 bridgehead atoms. The van der Waals surface area contributed by atoms with E-state index in [0.717, 1.165) is 4.31 Å². The van der Waals surface area contributed by atoms with Gasteiger partial charge in [-0.05, 0) is 30.3 Å². The van der Waals surface area contributed by atoms with Crippen LogP contribution in [0.3, 0.4) is 0 Å². The maximum atomic E-state index is 12.2. The molecule has 6 heteroatoms. The molecule has 0 amide bonds. The van der Waals surface area contributed by atoms with Gasteiger partial charge in [-0.1, -0.05) is 0 Å². The van der Waals surface area contributed by atoms with E-state index in [0.29, 0.717) is 17.1 Å². The van der Waals surface area contributed by atoms with Gasteiger partial charge >= 0.3 is 0 Å². The van der Waals surface area contributed by atoms with Crippen LogP contribution in [0.2, 0.25) is 0 Å². The second-order valence-electron chi connectivity index (χ2n) is 4.13. The first-order chi connectivity index (χ1) is 8.96. The van der Waals surface area contributed by atoms with E-state index in [4.69, 9.17) is 9.15 Å². The molecule has 1 aromatic carbocycles. The van der Waals surface area contributed by atoms with Crippen molar-refractivity contribution in [3.63, 3.8) is 0 Å². The molecular weight excluding hydrogens is 266 g/mol. The molecule has 19 heavy (non-hydrogen) atoms. The van der Waals surface area contributed by atoms with E-state index in [1.54, 1.807) is 36.6 Å². The second kappa shape index (κ2) is 5.07. The van der Waals surface area contributed by atoms with E-state index in [1.165, 1.54) is 21.2 Å². The van der Waals surface area contributed by atoms with E-state index in [-0.39, 0.29) is 4.90 Å². The van der Waals surface area contributed by atoms with Gasteiger partial charge in [0.1, 0.15) is 16.4 Å². The summed E-state index contributed by atoms with van der Waals surface area (Å²) in [5.74, 6) is 0.918. The highest BCUT2D eigenvalue weighted by Crippen LogP contribution is 2.31. The maximum absolute atomic E-state index is 12.2. The first-order valence-electron chi connectivity index (χ1n) is 5.61. The number of methoxy groups -OCH3 is 1. The molecule has 0 spiro atoms. The zero-order valence-corrected chi connectivity index (χ0v) is 11.8. The van der Waals surface area contributed by atoms with Crippen LogP contribution in [-0.2, 0) is 10.0 Å². The molecule has 102 valence electrons. The maximum Gasteiger partial charge on any atom is 0.246 e. The number of furan rings is 1. The average Bonchev–Trinajstić information content (AvgIpc) is 2.91. The van der Waals surface area contributed by atoms with Gasteiger partial charge in [0.25, 0.3) is 0 Å². The normalized spacial score (nSPS) is 11.8. The Morgan fingerprint density at radius 3 is 2.47 bits per heavy atom. The zero-order chi connectivity index (χ0) is 14.0. The van der Waals surface area contributed by atoms with Crippen molar-refractivity contribution in [3.05, 3.63) is 36.6 Å². The Kier molecular flexibility index (Phi) is 3.64. The number of hydrogen-bond donors (Lipinski definition) is 0. The molecule has 2 rings (SSSR count). The lowest BCUT2D eigenvalue weighted by atomic mass is 10.2. The summed E-state index contributed by atoms with van der Waals surface area (Å²) in [5.41, 5.74) is 0.686. The Balaban J connectivity index is 2.62. The molecule has 2 aromatic rings. The van der Waals surface area contributed by atoms with Gasteiger partial charge < -0.3 is 9.15 Å². The zero-order valence-electron chi connectivity index (χ0n) is 11.0. The molecule has 0 radical (unpaired) electrons. The predicted octanol–water partition coefficient (Wildman–Crippen LogP) is 2.21. The lowest BCUT2D eigenvalue weighted by Gasteiger charge is -2.15. The summed E-state index contributed by atoms with van der Waals surface area (Å²) < 4.78 is 36.0. The van der Waals surface area contributed by atoms with E-state index >= 15 is 0 Å². The highest BCUT2D eigenvalue weighted by Gasteiger charge is 2.23. The van der Waals surface area contributed by atoms with Crippen LogP contribution in [0.1, 0.15) is 0 Å². The Labute approximate surface area is 112 Å². The van der Waals surface area contributed by atoms with Crippen LogP contribution in [0.5, 0.6) is 5.75 Å². The van der Waals surface area contributed by atoms with Gasteiger partial charge in [0.05, 0.1) is 13.4 Å². The van der Waals surface area contributed by atoms with Gasteiger partial charge in [0.15, 0.2) is 0 Å². The van der Waals surface area contributed by atoms with E-state index < -0.39 is 10.0 Å². The molecule has 0 fully saturated rings. The summed E-state index contributed by atoms with van der Waals surface area (Å²) in [7, 11) is 0.835. The molecule has 1 heterocycles. The van der Waals surface area contributed by atoms with Crippen LogP contribution in [0, 0.1) is 0 Å². The molecule has 0 atom stereocenters. The average molecular weight is 281 g/mol. The van der Waals surface area contributed by atoms with Crippen molar-refractivity contribution >= 4 is 10.0 Å². The minimum Gasteiger partial charge on any atom is -0.495 e. The molecule has 0 aliphatic heterocycles. The molecule has 0 aliphatic carbocycles. The van der Waals surface area contributed by atoms with Crippen molar-refractivity contribution in [2.45, 2.75) is 4.90 Å². The van der Waals surface area contributed by atoms with Crippen LogP contribution in [0.25, 0.3) is 11.3 Å². The summed E-state index contributed by atoms with van der Waals surface area (Å²) in [4.78, 5) is 0.119. The summed E-state index contributed by atoms with van der Waals surface area (Å²) >= 11 is 0. The topological polar surface area (TPSA) is 59.8 Å². The quantitative estimate of drug-likeness (QED) is 0.862. The fourth-order valence-electron chi connectivity index (χ4n) is 1.67. The third-order valence-corrected chi connectivity index (χ3v) is 4.56. The van der Waals surface area contributed by atoms with Crippen molar-refractivity contribution < 1.29 is 17.6 Å². The van der Waals surface area contributed by atoms with E-state index in [1.807, 2.05) is 0 Å². The number of nitrogens with zero attached hydrogens (tertiary/aromatic N) is 1. The molecule has 0 saturated heterocycles. The van der Waals surface area contributed by atoms with Crippen molar-refractivity contribution in [1.82, 2.24) is 4.31 Å². The summed E-state index contributed by atoms with van der Waals surface area (Å²) in [6.45, 7) is 0. The fourth-order valence-corrected chi connectivity index (χ4v) is 2.75. The lowest BCUT2D eigenvalue weighted by Crippen LogP contribution is -2.22. The van der Waals surface area contributed by atoms with E-state index in [9.17, 15) is 8.42 Å². The molecule has 1 aromatic heterocycles. The molecule has 0 aliphatic rings. The Morgan fingerprint density at radius 1 is 1.21 bits per heavy atom. The van der Waals surface area contributed by atoms with Gasteiger partial charge in [0, 0.05) is 19.7 Å². The summed E-state index contributed by atoms with van der Waals surface area (Å²) in [5, 5.41) is 0. The molecular formula is C13H15NO4S. The van der Waals surface area contributed by atoms with Gasteiger partial charge in [-0.25, -0.2) is 12.7 Å². The molecule has 0 saturated carbocycles. The first-order valence-corrected chi connectivity index (χ1v) is 7.05. The molecule has 0 N–H and O–H groups in total. The first kappa shape index (κ1) is 13.6. The van der Waals surface area contributed by atoms with Crippen molar-refractivity contribution in [2.24, 2.45) is 0 Å². The number of benzene rings is 1. The van der Waals surface area contributed by atoms with Gasteiger partial charge in [0.2, 0.25) is 10.0 Å². The Morgan fingerprint density at radius 2 is 1.95 bits per heavy atom. The van der Waals surface area contributed by atoms with Crippen LogP contribution in [-0.4, -0.2) is 33.9 Å². The standard InChI is InChI=1S/C13H15NO4S/c1-14(2)19(15,16)13-9-10(6-7-12(13)17-3)11-5-4-8-18-11/h4-9H,1-3H3. The number of ether oxygens (including phenoxy) is 1. The molecule has 5 nitrogen and oxygen atoms in total.